The van der Waals surface area contributed by atoms with Gasteiger partial charge in [0.2, 0.25) is 0 Å². The van der Waals surface area contributed by atoms with Crippen molar-refractivity contribution in [3.8, 4) is 5.75 Å². The smallest absolute Gasteiger partial charge is 0.304 e. The molecular formula is C12H16O4. The van der Waals surface area contributed by atoms with Crippen LogP contribution in [-0.2, 0) is 14.3 Å². The molecular weight excluding hydrogens is 208 g/mol. The second-order valence-corrected chi connectivity index (χ2v) is 3.21. The van der Waals surface area contributed by atoms with Crippen molar-refractivity contribution in [1.29, 1.82) is 0 Å². The molecule has 0 bridgehead atoms. The Morgan fingerprint density at radius 2 is 1.94 bits per heavy atom. The standard InChI is InChI=1S/C12H16O4/c1-10(13)16-11(2)14-8-9-15-12-6-4-3-5-7-12/h3-7,11H,8-9H2,1-2H3. The molecule has 0 aromatic heterocycles. The van der Waals surface area contributed by atoms with Crippen LogP contribution in [0.4, 0.5) is 0 Å². The molecule has 1 unspecified atom stereocenters. The molecule has 0 fully saturated rings. The van der Waals surface area contributed by atoms with Crippen LogP contribution in [0.25, 0.3) is 0 Å². The molecule has 0 N–H and O–H groups in total. The molecule has 88 valence electrons. The normalized spacial score (nSPS) is 11.9. The molecule has 0 heterocycles. The van der Waals surface area contributed by atoms with Gasteiger partial charge in [-0.25, -0.2) is 0 Å². The summed E-state index contributed by atoms with van der Waals surface area (Å²) in [6, 6.07) is 9.46. The SMILES string of the molecule is CC(=O)OC(C)OCCOc1ccccc1. The Bertz CT molecular complexity index is 310. The summed E-state index contributed by atoms with van der Waals surface area (Å²) in [5.74, 6) is 0.447. The van der Waals surface area contributed by atoms with E-state index in [1.807, 2.05) is 30.3 Å². The number of para-hydroxylation sites is 1. The minimum atomic E-state index is -0.531. The van der Waals surface area contributed by atoms with Crippen LogP contribution in [0.1, 0.15) is 13.8 Å². The fourth-order valence-electron chi connectivity index (χ4n) is 1.16. The summed E-state index contributed by atoms with van der Waals surface area (Å²) in [6.07, 6.45) is -0.531. The fraction of sp³-hybridized carbons (Fsp3) is 0.417. The van der Waals surface area contributed by atoms with Crippen LogP contribution in [0.3, 0.4) is 0 Å². The van der Waals surface area contributed by atoms with E-state index in [1.165, 1.54) is 6.92 Å². The Morgan fingerprint density at radius 1 is 1.25 bits per heavy atom. The van der Waals surface area contributed by atoms with E-state index >= 15 is 0 Å². The quantitative estimate of drug-likeness (QED) is 0.421. The molecule has 0 spiro atoms. The maximum Gasteiger partial charge on any atom is 0.304 e. The van der Waals surface area contributed by atoms with Gasteiger partial charge in [-0.2, -0.15) is 0 Å². The van der Waals surface area contributed by atoms with Gasteiger partial charge in [-0.05, 0) is 19.1 Å². The molecule has 1 atom stereocenters. The van der Waals surface area contributed by atoms with Gasteiger partial charge in [0.25, 0.3) is 0 Å². The molecule has 16 heavy (non-hydrogen) atoms. The van der Waals surface area contributed by atoms with E-state index in [9.17, 15) is 4.79 Å². The van der Waals surface area contributed by atoms with Gasteiger partial charge in [-0.3, -0.25) is 4.79 Å². The van der Waals surface area contributed by atoms with Gasteiger partial charge in [0.05, 0.1) is 6.61 Å². The molecule has 1 rings (SSSR count). The lowest BCUT2D eigenvalue weighted by atomic mass is 10.3. The van der Waals surface area contributed by atoms with Gasteiger partial charge in [0.1, 0.15) is 12.4 Å². The highest BCUT2D eigenvalue weighted by molar-refractivity contribution is 5.65. The molecule has 4 heteroatoms. The summed E-state index contributed by atoms with van der Waals surface area (Å²) in [5.41, 5.74) is 0. The van der Waals surface area contributed by atoms with Crippen LogP contribution in [-0.4, -0.2) is 25.5 Å². The van der Waals surface area contributed by atoms with Crippen molar-refractivity contribution in [2.24, 2.45) is 0 Å². The van der Waals surface area contributed by atoms with E-state index in [4.69, 9.17) is 14.2 Å². The Hall–Kier alpha value is -1.55. The first-order chi connectivity index (χ1) is 7.68. The predicted octanol–water partition coefficient (Wildman–Crippen LogP) is 1.99. The molecule has 1 aromatic rings. The van der Waals surface area contributed by atoms with Crippen LogP contribution >= 0.6 is 0 Å². The summed E-state index contributed by atoms with van der Waals surface area (Å²) in [5, 5.41) is 0. The molecule has 0 aliphatic heterocycles. The van der Waals surface area contributed by atoms with E-state index in [-0.39, 0.29) is 5.97 Å². The minimum absolute atomic E-state index is 0.350. The number of carbonyl (C=O) groups excluding carboxylic acids is 1. The van der Waals surface area contributed by atoms with Gasteiger partial charge < -0.3 is 14.2 Å². The van der Waals surface area contributed by atoms with Crippen molar-refractivity contribution in [1.82, 2.24) is 0 Å². The van der Waals surface area contributed by atoms with Gasteiger partial charge in [0.15, 0.2) is 6.29 Å². The summed E-state index contributed by atoms with van der Waals surface area (Å²) in [6.45, 7) is 3.82. The topological polar surface area (TPSA) is 44.8 Å². The second kappa shape index (κ2) is 6.85. The van der Waals surface area contributed by atoms with Crippen LogP contribution in [0.2, 0.25) is 0 Å². The van der Waals surface area contributed by atoms with Gasteiger partial charge in [-0.1, -0.05) is 18.2 Å². The highest BCUT2D eigenvalue weighted by Crippen LogP contribution is 2.07. The van der Waals surface area contributed by atoms with Crippen molar-refractivity contribution < 1.29 is 19.0 Å². The van der Waals surface area contributed by atoms with Crippen LogP contribution in [0, 0.1) is 0 Å². The molecule has 4 nitrogen and oxygen atoms in total. The third kappa shape index (κ3) is 5.36. The maximum absolute atomic E-state index is 10.6. The number of rotatable bonds is 6. The fourth-order valence-corrected chi connectivity index (χ4v) is 1.16. The zero-order valence-corrected chi connectivity index (χ0v) is 9.51. The third-order valence-corrected chi connectivity index (χ3v) is 1.78. The number of esters is 1. The van der Waals surface area contributed by atoms with E-state index in [2.05, 4.69) is 0 Å². The summed E-state index contributed by atoms with van der Waals surface area (Å²) >= 11 is 0. The lowest BCUT2D eigenvalue weighted by Gasteiger charge is -2.13. The van der Waals surface area contributed by atoms with Gasteiger partial charge in [-0.15, -0.1) is 0 Å². The first kappa shape index (κ1) is 12.5. The predicted molar refractivity (Wildman–Crippen MR) is 59.1 cm³/mol. The first-order valence-corrected chi connectivity index (χ1v) is 5.15. The van der Waals surface area contributed by atoms with E-state index in [0.29, 0.717) is 13.2 Å². The molecule has 0 aliphatic carbocycles. The number of hydrogen-bond donors (Lipinski definition) is 0. The average Bonchev–Trinajstić information content (AvgIpc) is 2.25. The van der Waals surface area contributed by atoms with Crippen molar-refractivity contribution in [2.75, 3.05) is 13.2 Å². The minimum Gasteiger partial charge on any atom is -0.491 e. The highest BCUT2D eigenvalue weighted by atomic mass is 16.7. The number of carbonyl (C=O) groups is 1. The van der Waals surface area contributed by atoms with E-state index < -0.39 is 6.29 Å². The highest BCUT2D eigenvalue weighted by Gasteiger charge is 2.04. The van der Waals surface area contributed by atoms with Crippen LogP contribution < -0.4 is 4.74 Å². The average molecular weight is 224 g/mol. The number of hydrogen-bond acceptors (Lipinski definition) is 4. The lowest BCUT2D eigenvalue weighted by molar-refractivity contribution is -0.173. The zero-order chi connectivity index (χ0) is 11.8. The summed E-state index contributed by atoms with van der Waals surface area (Å²) < 4.78 is 15.4. The summed E-state index contributed by atoms with van der Waals surface area (Å²) in [7, 11) is 0. The monoisotopic (exact) mass is 224 g/mol. The second-order valence-electron chi connectivity index (χ2n) is 3.21. The molecule has 0 saturated carbocycles. The van der Waals surface area contributed by atoms with Crippen molar-refractivity contribution in [3.05, 3.63) is 30.3 Å². The Morgan fingerprint density at radius 3 is 2.56 bits per heavy atom. The number of benzene rings is 1. The van der Waals surface area contributed by atoms with E-state index in [0.717, 1.165) is 5.75 Å². The van der Waals surface area contributed by atoms with E-state index in [1.54, 1.807) is 6.92 Å². The van der Waals surface area contributed by atoms with Gasteiger partial charge in [0, 0.05) is 6.92 Å². The Labute approximate surface area is 95.1 Å². The van der Waals surface area contributed by atoms with Crippen LogP contribution in [0.5, 0.6) is 5.75 Å². The maximum atomic E-state index is 10.6. The number of ether oxygens (including phenoxy) is 3. The molecule has 1 aromatic carbocycles. The Kier molecular flexibility index (Phi) is 5.36. The van der Waals surface area contributed by atoms with Crippen molar-refractivity contribution in [3.63, 3.8) is 0 Å². The molecule has 0 amide bonds. The lowest BCUT2D eigenvalue weighted by Crippen LogP contribution is -2.19. The molecule has 0 aliphatic rings. The van der Waals surface area contributed by atoms with Crippen LogP contribution in [0.15, 0.2) is 30.3 Å². The molecule has 0 radical (unpaired) electrons. The summed E-state index contributed by atoms with van der Waals surface area (Å²) in [4.78, 5) is 10.6. The van der Waals surface area contributed by atoms with Crippen molar-refractivity contribution in [2.45, 2.75) is 20.1 Å². The van der Waals surface area contributed by atoms with Crippen molar-refractivity contribution >= 4 is 5.97 Å². The molecule has 0 saturated heterocycles. The first-order valence-electron chi connectivity index (χ1n) is 5.15. The largest absolute Gasteiger partial charge is 0.491 e. The van der Waals surface area contributed by atoms with Gasteiger partial charge >= 0.3 is 5.97 Å². The third-order valence-electron chi connectivity index (χ3n) is 1.78. The Balaban J connectivity index is 2.10. The zero-order valence-electron chi connectivity index (χ0n) is 9.51.